The number of piperidine rings is 1. The molecule has 0 spiro atoms. The quantitative estimate of drug-likeness (QED) is 0.842. The topological polar surface area (TPSA) is 54.0 Å². The van der Waals surface area contributed by atoms with Gasteiger partial charge in [0.2, 0.25) is 0 Å². The first-order valence-electron chi connectivity index (χ1n) is 9.18. The number of methoxy groups -OCH3 is 2. The molecule has 0 aliphatic carbocycles. The monoisotopic (exact) mass is 381 g/mol. The third-order valence-electron chi connectivity index (χ3n) is 5.49. The van der Waals surface area contributed by atoms with Crippen LogP contribution in [0.15, 0.2) is 18.2 Å². The number of amides is 1. The third kappa shape index (κ3) is 4.14. The normalized spacial score (nSPS) is 20.8. The summed E-state index contributed by atoms with van der Waals surface area (Å²) in [6, 6.07) is 5.69. The van der Waals surface area contributed by atoms with Crippen LogP contribution in [0.25, 0.3) is 0 Å². The highest BCUT2D eigenvalue weighted by Crippen LogP contribution is 2.27. The number of hydrogen-bond donors (Lipinski definition) is 1. The lowest BCUT2D eigenvalue weighted by Crippen LogP contribution is -2.59. The Morgan fingerprint density at radius 3 is 2.50 bits per heavy atom. The molecule has 3 rings (SSSR count). The first-order valence-corrected chi connectivity index (χ1v) is 9.56. The number of piperazine rings is 1. The van der Waals surface area contributed by atoms with Crippen LogP contribution in [0.2, 0.25) is 5.02 Å². The van der Waals surface area contributed by atoms with Crippen molar-refractivity contribution in [3.8, 4) is 5.75 Å². The standard InChI is InChI=1S/C19H28ClN3O3/c1-25-17-4-3-16(20)13-15(17)14-22-9-11-23(12-10-22)18(24)19(26-2)5-7-21-8-6-19/h3-4,13,21H,5-12,14H2,1-2H3. The Bertz CT molecular complexity index is 626. The minimum atomic E-state index is -0.649. The maximum absolute atomic E-state index is 13.0. The van der Waals surface area contributed by atoms with E-state index in [4.69, 9.17) is 21.1 Å². The lowest BCUT2D eigenvalue weighted by Gasteiger charge is -2.42. The molecule has 0 unspecified atom stereocenters. The van der Waals surface area contributed by atoms with Crippen molar-refractivity contribution in [3.05, 3.63) is 28.8 Å². The van der Waals surface area contributed by atoms with E-state index in [2.05, 4.69) is 10.2 Å². The van der Waals surface area contributed by atoms with E-state index in [1.165, 1.54) is 0 Å². The third-order valence-corrected chi connectivity index (χ3v) is 5.72. The van der Waals surface area contributed by atoms with Crippen molar-refractivity contribution in [2.24, 2.45) is 0 Å². The second-order valence-corrected chi connectivity index (χ2v) is 7.41. The van der Waals surface area contributed by atoms with Gasteiger partial charge in [0.25, 0.3) is 5.91 Å². The minimum Gasteiger partial charge on any atom is -0.496 e. The number of ether oxygens (including phenoxy) is 2. The fourth-order valence-corrected chi connectivity index (χ4v) is 4.04. The van der Waals surface area contributed by atoms with Gasteiger partial charge in [-0.3, -0.25) is 9.69 Å². The van der Waals surface area contributed by atoms with Gasteiger partial charge < -0.3 is 19.7 Å². The smallest absolute Gasteiger partial charge is 0.254 e. The van der Waals surface area contributed by atoms with Gasteiger partial charge in [-0.2, -0.15) is 0 Å². The molecule has 0 bridgehead atoms. The average Bonchev–Trinajstić information content (AvgIpc) is 2.69. The molecule has 2 heterocycles. The van der Waals surface area contributed by atoms with Crippen molar-refractivity contribution in [1.82, 2.24) is 15.1 Å². The van der Waals surface area contributed by atoms with Crippen LogP contribution in [0.5, 0.6) is 5.75 Å². The van der Waals surface area contributed by atoms with Gasteiger partial charge in [0.05, 0.1) is 7.11 Å². The predicted molar refractivity (Wildman–Crippen MR) is 102 cm³/mol. The minimum absolute atomic E-state index is 0.140. The van der Waals surface area contributed by atoms with Crippen molar-refractivity contribution in [3.63, 3.8) is 0 Å². The highest BCUT2D eigenvalue weighted by atomic mass is 35.5. The number of benzene rings is 1. The first-order chi connectivity index (χ1) is 12.6. The summed E-state index contributed by atoms with van der Waals surface area (Å²) in [5, 5.41) is 4.01. The Kier molecular flexibility index (Phi) is 6.40. The molecular formula is C19H28ClN3O3. The summed E-state index contributed by atoms with van der Waals surface area (Å²) in [7, 11) is 3.33. The van der Waals surface area contributed by atoms with E-state index in [1.54, 1.807) is 14.2 Å². The molecule has 0 radical (unpaired) electrons. The van der Waals surface area contributed by atoms with E-state index in [9.17, 15) is 4.79 Å². The van der Waals surface area contributed by atoms with Gasteiger partial charge in [0.15, 0.2) is 0 Å². The van der Waals surface area contributed by atoms with Crippen LogP contribution in [-0.4, -0.2) is 74.8 Å². The molecule has 0 saturated carbocycles. The Morgan fingerprint density at radius 2 is 1.88 bits per heavy atom. The summed E-state index contributed by atoms with van der Waals surface area (Å²) in [6.07, 6.45) is 1.48. The molecule has 2 aliphatic rings. The van der Waals surface area contributed by atoms with Crippen molar-refractivity contribution in [2.75, 3.05) is 53.5 Å². The zero-order chi connectivity index (χ0) is 18.6. The molecule has 1 aromatic carbocycles. The van der Waals surface area contributed by atoms with E-state index in [0.29, 0.717) is 5.02 Å². The summed E-state index contributed by atoms with van der Waals surface area (Å²) in [5.41, 5.74) is 0.426. The molecule has 2 fully saturated rings. The van der Waals surface area contributed by atoms with E-state index in [1.807, 2.05) is 23.1 Å². The van der Waals surface area contributed by atoms with Crippen LogP contribution in [0, 0.1) is 0 Å². The lowest BCUT2D eigenvalue weighted by molar-refractivity contribution is -0.160. The van der Waals surface area contributed by atoms with Crippen molar-refractivity contribution < 1.29 is 14.3 Å². The van der Waals surface area contributed by atoms with Gasteiger partial charge in [-0.25, -0.2) is 0 Å². The molecule has 6 nitrogen and oxygen atoms in total. The van der Waals surface area contributed by atoms with E-state index >= 15 is 0 Å². The number of carbonyl (C=O) groups excluding carboxylic acids is 1. The highest BCUT2D eigenvalue weighted by Gasteiger charge is 2.42. The Labute approximate surface area is 160 Å². The maximum Gasteiger partial charge on any atom is 0.254 e. The second-order valence-electron chi connectivity index (χ2n) is 6.97. The summed E-state index contributed by atoms with van der Waals surface area (Å²) < 4.78 is 11.1. The molecule has 144 valence electrons. The Balaban J connectivity index is 1.59. The summed E-state index contributed by atoms with van der Waals surface area (Å²) >= 11 is 6.13. The van der Waals surface area contributed by atoms with Crippen LogP contribution >= 0.6 is 11.6 Å². The zero-order valence-electron chi connectivity index (χ0n) is 15.6. The van der Waals surface area contributed by atoms with Crippen LogP contribution in [0.3, 0.4) is 0 Å². The molecule has 0 atom stereocenters. The zero-order valence-corrected chi connectivity index (χ0v) is 16.3. The first kappa shape index (κ1) is 19.4. The van der Waals surface area contributed by atoms with Gasteiger partial charge >= 0.3 is 0 Å². The highest BCUT2D eigenvalue weighted by molar-refractivity contribution is 6.30. The van der Waals surface area contributed by atoms with Crippen molar-refractivity contribution in [1.29, 1.82) is 0 Å². The molecule has 2 aliphatic heterocycles. The Morgan fingerprint density at radius 1 is 1.19 bits per heavy atom. The summed E-state index contributed by atoms with van der Waals surface area (Å²) in [5.74, 6) is 0.988. The van der Waals surface area contributed by atoms with Gasteiger partial charge in [-0.1, -0.05) is 11.6 Å². The second kappa shape index (κ2) is 8.57. The van der Waals surface area contributed by atoms with Crippen LogP contribution in [-0.2, 0) is 16.1 Å². The summed E-state index contributed by atoms with van der Waals surface area (Å²) in [4.78, 5) is 17.3. The lowest BCUT2D eigenvalue weighted by atomic mass is 9.90. The number of carbonyl (C=O) groups is 1. The Hall–Kier alpha value is -1.34. The van der Waals surface area contributed by atoms with Crippen LogP contribution < -0.4 is 10.1 Å². The molecular weight excluding hydrogens is 354 g/mol. The van der Waals surface area contributed by atoms with Crippen LogP contribution in [0.4, 0.5) is 0 Å². The van der Waals surface area contributed by atoms with Crippen LogP contribution in [0.1, 0.15) is 18.4 Å². The van der Waals surface area contributed by atoms with E-state index in [-0.39, 0.29) is 5.91 Å². The molecule has 2 saturated heterocycles. The number of rotatable bonds is 5. The molecule has 1 amide bonds. The fraction of sp³-hybridized carbons (Fsp3) is 0.632. The maximum atomic E-state index is 13.0. The number of halogens is 1. The van der Waals surface area contributed by atoms with E-state index in [0.717, 1.165) is 70.0 Å². The number of nitrogens with zero attached hydrogens (tertiary/aromatic N) is 2. The molecule has 0 aromatic heterocycles. The van der Waals surface area contributed by atoms with Crippen molar-refractivity contribution >= 4 is 17.5 Å². The molecule has 7 heteroatoms. The molecule has 26 heavy (non-hydrogen) atoms. The molecule has 1 N–H and O–H groups in total. The average molecular weight is 382 g/mol. The molecule has 1 aromatic rings. The SMILES string of the molecule is COc1ccc(Cl)cc1CN1CCN(C(=O)C2(OC)CCNCC2)CC1. The van der Waals surface area contributed by atoms with Gasteiger partial charge in [-0.15, -0.1) is 0 Å². The van der Waals surface area contributed by atoms with Gasteiger partial charge in [0, 0.05) is 50.4 Å². The fourth-order valence-electron chi connectivity index (χ4n) is 3.84. The summed E-state index contributed by atoms with van der Waals surface area (Å²) in [6.45, 7) is 5.53. The van der Waals surface area contributed by atoms with E-state index < -0.39 is 5.60 Å². The number of nitrogens with one attached hydrogen (secondary N) is 1. The van der Waals surface area contributed by atoms with Gasteiger partial charge in [0.1, 0.15) is 11.4 Å². The number of hydrogen-bond acceptors (Lipinski definition) is 5. The predicted octanol–water partition coefficient (Wildman–Crippen LogP) is 1.76. The largest absolute Gasteiger partial charge is 0.496 e. The van der Waals surface area contributed by atoms with Gasteiger partial charge in [-0.05, 0) is 44.1 Å². The van der Waals surface area contributed by atoms with Crippen molar-refractivity contribution in [2.45, 2.75) is 25.0 Å².